The van der Waals surface area contributed by atoms with Gasteiger partial charge in [-0.2, -0.15) is 5.11 Å². The Kier molecular flexibility index (Phi) is 5.68. The van der Waals surface area contributed by atoms with Gasteiger partial charge in [0, 0.05) is 37.2 Å². The van der Waals surface area contributed by atoms with E-state index in [0.717, 1.165) is 0 Å². The molecule has 2 N–H and O–H groups in total. The number of carboxylic acids is 1. The van der Waals surface area contributed by atoms with Crippen LogP contribution in [0.2, 0.25) is 0 Å². The average Bonchev–Trinajstić information content (AvgIpc) is 2.67. The number of rotatable bonds is 7. The molecule has 0 atom stereocenters. The number of nitro groups is 1. The van der Waals surface area contributed by atoms with Crippen LogP contribution in [0.4, 0.5) is 22.7 Å². The summed E-state index contributed by atoms with van der Waals surface area (Å²) in [6, 6.07) is 8.62. The van der Waals surface area contributed by atoms with Gasteiger partial charge in [0.05, 0.1) is 22.8 Å². The first kappa shape index (κ1) is 19.1. The number of carbonyl (C=O) groups is 1. The van der Waals surface area contributed by atoms with Crippen molar-refractivity contribution in [3.05, 3.63) is 46.5 Å². The van der Waals surface area contributed by atoms with Gasteiger partial charge < -0.3 is 19.8 Å². The van der Waals surface area contributed by atoms with E-state index in [1.54, 1.807) is 6.07 Å². The Morgan fingerprint density at radius 3 is 2.68 bits per heavy atom. The summed E-state index contributed by atoms with van der Waals surface area (Å²) < 4.78 is 5.63. The standard InChI is InChI=1S/C18H18N4O6/c23-16-11-15-17(28-9-8-21(15)7-1-2-18(24)25)10-14(16)20-19-12-3-5-13(6-4-12)22(26)27/h3-6,10-11,23H,1-2,7-9H2,(H,24,25)/b20-19+. The fourth-order valence-electron chi connectivity index (χ4n) is 2.78. The van der Waals surface area contributed by atoms with E-state index in [0.29, 0.717) is 43.2 Å². The zero-order valence-corrected chi connectivity index (χ0v) is 14.8. The molecule has 0 spiro atoms. The highest BCUT2D eigenvalue weighted by Crippen LogP contribution is 2.41. The summed E-state index contributed by atoms with van der Waals surface area (Å²) >= 11 is 0. The summed E-state index contributed by atoms with van der Waals surface area (Å²) in [4.78, 5) is 22.8. The van der Waals surface area contributed by atoms with Crippen molar-refractivity contribution in [2.75, 3.05) is 24.6 Å². The van der Waals surface area contributed by atoms with Gasteiger partial charge in [-0.05, 0) is 18.6 Å². The van der Waals surface area contributed by atoms with E-state index in [-0.39, 0.29) is 23.5 Å². The molecule has 0 saturated carbocycles. The Morgan fingerprint density at radius 1 is 1.25 bits per heavy atom. The van der Waals surface area contributed by atoms with Crippen LogP contribution in [0.1, 0.15) is 12.8 Å². The first-order valence-electron chi connectivity index (χ1n) is 8.57. The van der Waals surface area contributed by atoms with Crippen molar-refractivity contribution in [3.63, 3.8) is 0 Å². The first-order valence-corrected chi connectivity index (χ1v) is 8.57. The van der Waals surface area contributed by atoms with Gasteiger partial charge >= 0.3 is 5.97 Å². The average molecular weight is 386 g/mol. The third kappa shape index (κ3) is 4.53. The Balaban J connectivity index is 1.76. The second-order valence-corrected chi connectivity index (χ2v) is 6.11. The molecule has 1 aliphatic heterocycles. The number of ether oxygens (including phenoxy) is 1. The summed E-state index contributed by atoms with van der Waals surface area (Å²) in [5.74, 6) is -0.423. The van der Waals surface area contributed by atoms with Gasteiger partial charge in [0.25, 0.3) is 5.69 Å². The highest BCUT2D eigenvalue weighted by atomic mass is 16.6. The maximum atomic E-state index is 10.7. The maximum absolute atomic E-state index is 10.7. The summed E-state index contributed by atoms with van der Waals surface area (Å²) in [5.41, 5.74) is 1.22. The molecule has 0 aliphatic carbocycles. The Bertz CT molecular complexity index is 913. The number of fused-ring (bicyclic) bond motifs is 1. The lowest BCUT2D eigenvalue weighted by molar-refractivity contribution is -0.384. The number of phenols is 1. The van der Waals surface area contributed by atoms with Crippen LogP contribution in [-0.2, 0) is 4.79 Å². The fourth-order valence-corrected chi connectivity index (χ4v) is 2.78. The van der Waals surface area contributed by atoms with Crippen molar-refractivity contribution in [2.45, 2.75) is 12.8 Å². The lowest BCUT2D eigenvalue weighted by Gasteiger charge is -2.31. The molecule has 0 unspecified atom stereocenters. The van der Waals surface area contributed by atoms with E-state index in [1.165, 1.54) is 30.3 Å². The quantitative estimate of drug-likeness (QED) is 0.419. The molecule has 10 heteroatoms. The normalized spacial score (nSPS) is 13.2. The van der Waals surface area contributed by atoms with E-state index in [1.807, 2.05) is 4.90 Å². The van der Waals surface area contributed by atoms with E-state index in [9.17, 15) is 20.0 Å². The molecular formula is C18H18N4O6. The minimum atomic E-state index is -0.849. The number of benzene rings is 2. The molecule has 10 nitrogen and oxygen atoms in total. The number of anilines is 1. The molecular weight excluding hydrogens is 368 g/mol. The first-order chi connectivity index (χ1) is 13.4. The SMILES string of the molecule is O=C(O)CCCN1CCOc2cc(/N=N/c3ccc([N+](=O)[O-])cc3)c(O)cc21. The molecule has 146 valence electrons. The zero-order valence-electron chi connectivity index (χ0n) is 14.8. The third-order valence-corrected chi connectivity index (χ3v) is 4.17. The number of aromatic hydroxyl groups is 1. The number of phenolic OH excluding ortho intramolecular Hbond substituents is 1. The second kappa shape index (κ2) is 8.33. The fraction of sp³-hybridized carbons (Fsp3) is 0.278. The van der Waals surface area contributed by atoms with E-state index in [4.69, 9.17) is 9.84 Å². The largest absolute Gasteiger partial charge is 0.506 e. The van der Waals surface area contributed by atoms with Crippen LogP contribution in [-0.4, -0.2) is 40.8 Å². The molecule has 2 aromatic carbocycles. The molecule has 0 saturated heterocycles. The molecule has 0 fully saturated rings. The lowest BCUT2D eigenvalue weighted by atomic mass is 10.2. The Hall–Kier alpha value is -3.69. The van der Waals surface area contributed by atoms with Crippen molar-refractivity contribution in [3.8, 4) is 11.5 Å². The summed E-state index contributed by atoms with van der Waals surface area (Å²) in [5, 5.41) is 37.7. The van der Waals surface area contributed by atoms with Crippen LogP contribution < -0.4 is 9.64 Å². The van der Waals surface area contributed by atoms with E-state index in [2.05, 4.69) is 10.2 Å². The molecule has 28 heavy (non-hydrogen) atoms. The molecule has 3 rings (SSSR count). The lowest BCUT2D eigenvalue weighted by Crippen LogP contribution is -2.33. The molecule has 0 bridgehead atoms. The zero-order chi connectivity index (χ0) is 20.1. The summed E-state index contributed by atoms with van der Waals surface area (Å²) in [6.07, 6.45) is 0.553. The Morgan fingerprint density at radius 2 is 2.00 bits per heavy atom. The van der Waals surface area contributed by atoms with Crippen molar-refractivity contribution < 1.29 is 24.7 Å². The topological polar surface area (TPSA) is 138 Å². The second-order valence-electron chi connectivity index (χ2n) is 6.11. The van der Waals surface area contributed by atoms with Gasteiger partial charge in [-0.15, -0.1) is 5.11 Å². The molecule has 0 amide bonds. The number of aliphatic carboxylic acids is 1. The van der Waals surface area contributed by atoms with Crippen molar-refractivity contribution >= 4 is 28.7 Å². The van der Waals surface area contributed by atoms with Crippen molar-refractivity contribution in [1.82, 2.24) is 0 Å². The summed E-state index contributed by atoms with van der Waals surface area (Å²) in [6.45, 7) is 1.56. The predicted octanol–water partition coefficient (Wildman–Crippen LogP) is 3.78. The minimum Gasteiger partial charge on any atom is -0.506 e. The van der Waals surface area contributed by atoms with Crippen LogP contribution in [0.25, 0.3) is 0 Å². The molecule has 0 aromatic heterocycles. The van der Waals surface area contributed by atoms with Crippen molar-refractivity contribution in [1.29, 1.82) is 0 Å². The third-order valence-electron chi connectivity index (χ3n) is 4.17. The van der Waals surface area contributed by atoms with Gasteiger partial charge in [-0.1, -0.05) is 0 Å². The van der Waals surface area contributed by atoms with Crippen LogP contribution in [0.3, 0.4) is 0 Å². The number of hydrogen-bond donors (Lipinski definition) is 2. The highest BCUT2D eigenvalue weighted by molar-refractivity contribution is 5.70. The van der Waals surface area contributed by atoms with Crippen LogP contribution in [0.5, 0.6) is 11.5 Å². The monoisotopic (exact) mass is 386 g/mol. The molecule has 1 aliphatic rings. The highest BCUT2D eigenvalue weighted by Gasteiger charge is 2.21. The van der Waals surface area contributed by atoms with E-state index < -0.39 is 10.9 Å². The van der Waals surface area contributed by atoms with Crippen LogP contribution in [0.15, 0.2) is 46.6 Å². The number of azo groups is 1. The van der Waals surface area contributed by atoms with Gasteiger partial charge in [-0.3, -0.25) is 14.9 Å². The minimum absolute atomic E-state index is 0.0491. The number of non-ortho nitro benzene ring substituents is 1. The van der Waals surface area contributed by atoms with Gasteiger partial charge in [0.2, 0.25) is 0 Å². The number of nitro benzene ring substituents is 1. The molecule has 1 heterocycles. The van der Waals surface area contributed by atoms with Crippen LogP contribution in [0, 0.1) is 10.1 Å². The van der Waals surface area contributed by atoms with Crippen molar-refractivity contribution in [2.24, 2.45) is 10.2 Å². The predicted molar refractivity (Wildman–Crippen MR) is 100.0 cm³/mol. The van der Waals surface area contributed by atoms with Crippen LogP contribution >= 0.6 is 0 Å². The van der Waals surface area contributed by atoms with Gasteiger partial charge in [-0.25, -0.2) is 0 Å². The van der Waals surface area contributed by atoms with E-state index >= 15 is 0 Å². The smallest absolute Gasteiger partial charge is 0.303 e. The number of hydrogen-bond acceptors (Lipinski definition) is 8. The molecule has 2 aromatic rings. The molecule has 0 radical (unpaired) electrons. The maximum Gasteiger partial charge on any atom is 0.303 e. The van der Waals surface area contributed by atoms with Gasteiger partial charge in [0.15, 0.2) is 0 Å². The van der Waals surface area contributed by atoms with Gasteiger partial charge in [0.1, 0.15) is 23.8 Å². The number of carboxylic acid groups (broad SMARTS) is 1. The number of nitrogens with zero attached hydrogens (tertiary/aromatic N) is 4. The Labute approximate surface area is 159 Å². The summed E-state index contributed by atoms with van der Waals surface area (Å²) in [7, 11) is 0.